The molecule has 0 aromatic heterocycles. The standard InChI is InChI=1S/C16H32N2O2/c1-5-8-9-14-10-15(17-16(19)20-7-3)12-18(11-14)13(4)6-2/h13-15H,5-12H2,1-4H3,(H,17,19). The number of likely N-dealkylation sites (tertiary alicyclic amines) is 1. The van der Waals surface area contributed by atoms with Crippen molar-refractivity contribution in [1.29, 1.82) is 0 Å². The first-order valence-corrected chi connectivity index (χ1v) is 8.27. The molecule has 3 atom stereocenters. The number of hydrogen-bond donors (Lipinski definition) is 1. The van der Waals surface area contributed by atoms with E-state index in [2.05, 4.69) is 31.0 Å². The maximum atomic E-state index is 11.6. The second-order valence-corrected chi connectivity index (χ2v) is 6.02. The van der Waals surface area contributed by atoms with Crippen LogP contribution in [0, 0.1) is 5.92 Å². The molecule has 20 heavy (non-hydrogen) atoms. The van der Waals surface area contributed by atoms with Crippen LogP contribution in [0.1, 0.15) is 59.8 Å². The van der Waals surface area contributed by atoms with E-state index < -0.39 is 0 Å². The van der Waals surface area contributed by atoms with E-state index in [0.717, 1.165) is 19.4 Å². The molecule has 0 saturated carbocycles. The number of hydrogen-bond acceptors (Lipinski definition) is 3. The Labute approximate surface area is 124 Å². The predicted molar refractivity (Wildman–Crippen MR) is 82.9 cm³/mol. The molecule has 0 radical (unpaired) electrons. The van der Waals surface area contributed by atoms with Gasteiger partial charge in [0.25, 0.3) is 0 Å². The van der Waals surface area contributed by atoms with Crippen molar-refractivity contribution in [3.63, 3.8) is 0 Å². The third kappa shape index (κ3) is 5.70. The van der Waals surface area contributed by atoms with Crippen LogP contribution in [-0.2, 0) is 4.74 Å². The van der Waals surface area contributed by atoms with Gasteiger partial charge >= 0.3 is 6.09 Å². The maximum absolute atomic E-state index is 11.6. The number of piperidine rings is 1. The zero-order valence-corrected chi connectivity index (χ0v) is 13.7. The molecule has 4 heteroatoms. The Morgan fingerprint density at radius 1 is 1.35 bits per heavy atom. The number of nitrogens with one attached hydrogen (secondary N) is 1. The van der Waals surface area contributed by atoms with Gasteiger partial charge in [-0.3, -0.25) is 4.90 Å². The molecule has 0 spiro atoms. The van der Waals surface area contributed by atoms with E-state index in [-0.39, 0.29) is 12.1 Å². The molecule has 1 amide bonds. The van der Waals surface area contributed by atoms with Gasteiger partial charge in [0.15, 0.2) is 0 Å². The minimum absolute atomic E-state index is 0.235. The molecule has 1 N–H and O–H groups in total. The first-order chi connectivity index (χ1) is 9.60. The van der Waals surface area contributed by atoms with E-state index in [9.17, 15) is 4.79 Å². The fourth-order valence-corrected chi connectivity index (χ4v) is 3.00. The van der Waals surface area contributed by atoms with E-state index in [1.807, 2.05) is 6.92 Å². The van der Waals surface area contributed by atoms with Gasteiger partial charge in [-0.1, -0.05) is 26.7 Å². The minimum atomic E-state index is -0.266. The molecule has 3 unspecified atom stereocenters. The van der Waals surface area contributed by atoms with Gasteiger partial charge in [0.05, 0.1) is 6.61 Å². The quantitative estimate of drug-likeness (QED) is 0.779. The van der Waals surface area contributed by atoms with Crippen LogP contribution in [0.3, 0.4) is 0 Å². The molecule has 1 aliphatic heterocycles. The summed E-state index contributed by atoms with van der Waals surface area (Å²) in [5, 5.41) is 3.03. The summed E-state index contributed by atoms with van der Waals surface area (Å²) in [4.78, 5) is 14.2. The van der Waals surface area contributed by atoms with Gasteiger partial charge in [0.1, 0.15) is 0 Å². The molecule has 0 bridgehead atoms. The Morgan fingerprint density at radius 3 is 2.70 bits per heavy atom. The van der Waals surface area contributed by atoms with Crippen LogP contribution >= 0.6 is 0 Å². The summed E-state index contributed by atoms with van der Waals surface area (Å²) in [6.07, 6.45) is 5.78. The predicted octanol–water partition coefficient (Wildman–Crippen LogP) is 3.41. The average Bonchev–Trinajstić information content (AvgIpc) is 2.44. The van der Waals surface area contributed by atoms with Crippen molar-refractivity contribution >= 4 is 6.09 Å². The van der Waals surface area contributed by atoms with Gasteiger partial charge < -0.3 is 10.1 Å². The molecule has 4 nitrogen and oxygen atoms in total. The Bertz CT molecular complexity index is 284. The Hall–Kier alpha value is -0.770. The second kappa shape index (κ2) is 9.22. The highest BCUT2D eigenvalue weighted by molar-refractivity contribution is 5.67. The highest BCUT2D eigenvalue weighted by Crippen LogP contribution is 2.24. The van der Waals surface area contributed by atoms with Crippen LogP contribution < -0.4 is 5.32 Å². The zero-order chi connectivity index (χ0) is 15.0. The maximum Gasteiger partial charge on any atom is 0.407 e. The van der Waals surface area contributed by atoms with Crippen molar-refractivity contribution in [2.75, 3.05) is 19.7 Å². The highest BCUT2D eigenvalue weighted by atomic mass is 16.5. The number of carbonyl (C=O) groups excluding carboxylic acids is 1. The summed E-state index contributed by atoms with van der Waals surface area (Å²) in [6, 6.07) is 0.824. The molecule has 1 fully saturated rings. The fraction of sp³-hybridized carbons (Fsp3) is 0.938. The van der Waals surface area contributed by atoms with E-state index in [1.54, 1.807) is 0 Å². The molecule has 1 rings (SSSR count). The van der Waals surface area contributed by atoms with Crippen LogP contribution in [-0.4, -0.2) is 42.8 Å². The first kappa shape index (κ1) is 17.3. The van der Waals surface area contributed by atoms with Crippen LogP contribution in [0.15, 0.2) is 0 Å². The third-order valence-corrected chi connectivity index (χ3v) is 4.34. The summed E-state index contributed by atoms with van der Waals surface area (Å²) in [5.41, 5.74) is 0. The lowest BCUT2D eigenvalue weighted by molar-refractivity contribution is 0.0892. The number of unbranched alkanes of at least 4 members (excludes halogenated alkanes) is 1. The number of carbonyl (C=O) groups is 1. The molecule has 0 aliphatic carbocycles. The Kier molecular flexibility index (Phi) is 7.97. The average molecular weight is 284 g/mol. The van der Waals surface area contributed by atoms with Crippen molar-refractivity contribution in [2.45, 2.75) is 71.9 Å². The molecule has 1 aliphatic rings. The van der Waals surface area contributed by atoms with Crippen LogP contribution in [0.5, 0.6) is 0 Å². The van der Waals surface area contributed by atoms with Crippen molar-refractivity contribution in [1.82, 2.24) is 10.2 Å². The van der Waals surface area contributed by atoms with E-state index in [4.69, 9.17) is 4.74 Å². The molecule has 118 valence electrons. The van der Waals surface area contributed by atoms with Gasteiger partial charge in [0.2, 0.25) is 0 Å². The molecule has 1 heterocycles. The van der Waals surface area contributed by atoms with E-state index in [0.29, 0.717) is 18.6 Å². The molecule has 1 saturated heterocycles. The minimum Gasteiger partial charge on any atom is -0.450 e. The lowest BCUT2D eigenvalue weighted by Gasteiger charge is -2.41. The first-order valence-electron chi connectivity index (χ1n) is 8.27. The lowest BCUT2D eigenvalue weighted by Crippen LogP contribution is -2.53. The van der Waals surface area contributed by atoms with Gasteiger partial charge in [-0.15, -0.1) is 0 Å². The van der Waals surface area contributed by atoms with Gasteiger partial charge in [-0.2, -0.15) is 0 Å². The lowest BCUT2D eigenvalue weighted by atomic mass is 9.89. The molecular formula is C16H32N2O2. The van der Waals surface area contributed by atoms with Gasteiger partial charge in [-0.05, 0) is 39.0 Å². The number of rotatable bonds is 7. The number of alkyl carbamates (subject to hydrolysis) is 1. The zero-order valence-electron chi connectivity index (χ0n) is 13.7. The summed E-state index contributed by atoms with van der Waals surface area (Å²) >= 11 is 0. The highest BCUT2D eigenvalue weighted by Gasteiger charge is 2.29. The Balaban J connectivity index is 2.56. The number of amides is 1. The largest absolute Gasteiger partial charge is 0.450 e. The van der Waals surface area contributed by atoms with E-state index >= 15 is 0 Å². The Morgan fingerprint density at radius 2 is 2.10 bits per heavy atom. The topological polar surface area (TPSA) is 41.6 Å². The summed E-state index contributed by atoms with van der Waals surface area (Å²) in [7, 11) is 0. The summed E-state index contributed by atoms with van der Waals surface area (Å²) in [6.45, 7) is 11.2. The summed E-state index contributed by atoms with van der Waals surface area (Å²) in [5.74, 6) is 0.699. The van der Waals surface area contributed by atoms with Crippen LogP contribution in [0.2, 0.25) is 0 Å². The molecule has 0 aromatic rings. The van der Waals surface area contributed by atoms with Crippen LogP contribution in [0.4, 0.5) is 4.79 Å². The van der Waals surface area contributed by atoms with Crippen molar-refractivity contribution in [2.24, 2.45) is 5.92 Å². The smallest absolute Gasteiger partial charge is 0.407 e. The monoisotopic (exact) mass is 284 g/mol. The number of ether oxygens (including phenoxy) is 1. The van der Waals surface area contributed by atoms with Gasteiger partial charge in [-0.25, -0.2) is 4.79 Å². The van der Waals surface area contributed by atoms with Crippen molar-refractivity contribution in [3.05, 3.63) is 0 Å². The SMILES string of the molecule is CCCCC1CC(NC(=O)OCC)CN(C(C)CC)C1. The summed E-state index contributed by atoms with van der Waals surface area (Å²) < 4.78 is 5.01. The van der Waals surface area contributed by atoms with Crippen molar-refractivity contribution in [3.8, 4) is 0 Å². The van der Waals surface area contributed by atoms with Crippen LogP contribution in [0.25, 0.3) is 0 Å². The molecular weight excluding hydrogens is 252 g/mol. The van der Waals surface area contributed by atoms with Gasteiger partial charge in [0, 0.05) is 25.2 Å². The van der Waals surface area contributed by atoms with Crippen molar-refractivity contribution < 1.29 is 9.53 Å². The number of nitrogens with zero attached hydrogens (tertiary/aromatic N) is 1. The fourth-order valence-electron chi connectivity index (χ4n) is 3.00. The molecule has 0 aromatic carbocycles. The second-order valence-electron chi connectivity index (χ2n) is 6.02. The normalized spacial score (nSPS) is 25.2. The van der Waals surface area contributed by atoms with E-state index in [1.165, 1.54) is 25.8 Å². The third-order valence-electron chi connectivity index (χ3n) is 4.34.